The van der Waals surface area contributed by atoms with E-state index in [-0.39, 0.29) is 17.3 Å². The van der Waals surface area contributed by atoms with Crippen LogP contribution in [0.1, 0.15) is 36.5 Å². The van der Waals surface area contributed by atoms with Crippen molar-refractivity contribution >= 4 is 17.7 Å². The second-order valence-electron chi connectivity index (χ2n) is 6.91. The quantitative estimate of drug-likeness (QED) is 0.776. The fourth-order valence-electron chi connectivity index (χ4n) is 3.51. The van der Waals surface area contributed by atoms with Crippen molar-refractivity contribution in [3.8, 4) is 0 Å². The molecule has 0 bridgehead atoms. The van der Waals surface area contributed by atoms with Crippen LogP contribution in [0, 0.1) is 18.3 Å². The van der Waals surface area contributed by atoms with Crippen LogP contribution in [0.25, 0.3) is 0 Å². The maximum Gasteiger partial charge on any atom is 0.307 e. The summed E-state index contributed by atoms with van der Waals surface area (Å²) in [6.45, 7) is 6.19. The first-order valence-electron chi connectivity index (χ1n) is 7.91. The summed E-state index contributed by atoms with van der Waals surface area (Å²) in [6.07, 6.45) is 0. The summed E-state index contributed by atoms with van der Waals surface area (Å²) in [6, 6.07) is 16.9. The normalized spacial score (nSPS) is 21.9. The molecule has 0 aromatic heterocycles. The second-order valence-corrected chi connectivity index (χ2v) is 7.96. The molecule has 120 valence electrons. The summed E-state index contributed by atoms with van der Waals surface area (Å²) in [7, 11) is 0. The number of rotatable bonds is 5. The third kappa shape index (κ3) is 3.16. The number of hydrogen-bond donors (Lipinski definition) is 1. The minimum Gasteiger partial charge on any atom is -0.481 e. The Kier molecular flexibility index (Phi) is 4.24. The van der Waals surface area contributed by atoms with Gasteiger partial charge in [0.15, 0.2) is 0 Å². The molecule has 2 aromatic rings. The molecule has 2 nitrogen and oxygen atoms in total. The molecule has 0 amide bonds. The third-order valence-corrected chi connectivity index (χ3v) is 5.98. The Bertz CT molecular complexity index is 722. The van der Waals surface area contributed by atoms with Gasteiger partial charge in [0.1, 0.15) is 0 Å². The minimum absolute atomic E-state index is 0.133. The number of hydrogen-bond acceptors (Lipinski definition) is 2. The van der Waals surface area contributed by atoms with Gasteiger partial charge in [-0.1, -0.05) is 50.2 Å². The van der Waals surface area contributed by atoms with Crippen molar-refractivity contribution in [3.05, 3.63) is 65.2 Å². The molecule has 1 saturated carbocycles. The van der Waals surface area contributed by atoms with E-state index < -0.39 is 5.97 Å². The van der Waals surface area contributed by atoms with Gasteiger partial charge in [0, 0.05) is 16.6 Å². The number of carboxylic acids is 1. The highest BCUT2D eigenvalue weighted by atomic mass is 32.2. The first-order valence-corrected chi connectivity index (χ1v) is 8.90. The zero-order chi connectivity index (χ0) is 16.6. The van der Waals surface area contributed by atoms with E-state index in [1.807, 2.05) is 31.7 Å². The van der Waals surface area contributed by atoms with Crippen LogP contribution in [0.5, 0.6) is 0 Å². The SMILES string of the molecule is Cc1cc(SCc2ccccc2)ccc1C1C(C(=O)O)C1(C)C. The Balaban J connectivity index is 1.73. The van der Waals surface area contributed by atoms with Crippen molar-refractivity contribution in [1.29, 1.82) is 0 Å². The van der Waals surface area contributed by atoms with Crippen molar-refractivity contribution in [2.75, 3.05) is 0 Å². The van der Waals surface area contributed by atoms with Crippen LogP contribution in [-0.2, 0) is 10.5 Å². The first kappa shape index (κ1) is 16.1. The summed E-state index contributed by atoms with van der Waals surface area (Å²) in [5.41, 5.74) is 3.56. The lowest BCUT2D eigenvalue weighted by Crippen LogP contribution is -2.03. The van der Waals surface area contributed by atoms with Crippen molar-refractivity contribution in [3.63, 3.8) is 0 Å². The van der Waals surface area contributed by atoms with Gasteiger partial charge in [-0.3, -0.25) is 4.79 Å². The highest BCUT2D eigenvalue weighted by Crippen LogP contribution is 2.65. The van der Waals surface area contributed by atoms with Gasteiger partial charge in [-0.05, 0) is 41.2 Å². The monoisotopic (exact) mass is 326 g/mol. The molecule has 3 heteroatoms. The van der Waals surface area contributed by atoms with Gasteiger partial charge in [0.05, 0.1) is 5.92 Å². The van der Waals surface area contributed by atoms with E-state index in [1.165, 1.54) is 21.6 Å². The molecule has 2 aromatic carbocycles. The van der Waals surface area contributed by atoms with E-state index in [0.29, 0.717) is 0 Å². The molecule has 2 atom stereocenters. The fraction of sp³-hybridized carbons (Fsp3) is 0.350. The molecule has 1 aliphatic carbocycles. The summed E-state index contributed by atoms with van der Waals surface area (Å²) in [4.78, 5) is 12.6. The summed E-state index contributed by atoms with van der Waals surface area (Å²) in [5.74, 6) is 0.144. The van der Waals surface area contributed by atoms with Crippen LogP contribution in [0.3, 0.4) is 0 Å². The van der Waals surface area contributed by atoms with Gasteiger partial charge in [-0.2, -0.15) is 0 Å². The van der Waals surface area contributed by atoms with E-state index in [1.54, 1.807) is 0 Å². The summed E-state index contributed by atoms with van der Waals surface area (Å²) < 4.78 is 0. The number of aliphatic carboxylic acids is 1. The lowest BCUT2D eigenvalue weighted by atomic mass is 9.99. The first-order chi connectivity index (χ1) is 10.9. The van der Waals surface area contributed by atoms with Gasteiger partial charge in [0.25, 0.3) is 0 Å². The smallest absolute Gasteiger partial charge is 0.307 e. The van der Waals surface area contributed by atoms with E-state index >= 15 is 0 Å². The van der Waals surface area contributed by atoms with Crippen LogP contribution in [0.15, 0.2) is 53.4 Å². The van der Waals surface area contributed by atoms with Gasteiger partial charge < -0.3 is 5.11 Å². The van der Waals surface area contributed by atoms with Crippen molar-refractivity contribution in [2.24, 2.45) is 11.3 Å². The molecular formula is C20H22O2S. The Labute approximate surface area is 141 Å². The van der Waals surface area contributed by atoms with Crippen LogP contribution in [0.4, 0.5) is 0 Å². The maximum absolute atomic E-state index is 11.4. The Morgan fingerprint density at radius 1 is 1.17 bits per heavy atom. The zero-order valence-electron chi connectivity index (χ0n) is 13.7. The van der Waals surface area contributed by atoms with Crippen molar-refractivity contribution in [1.82, 2.24) is 0 Å². The highest BCUT2D eigenvalue weighted by Gasteiger charge is 2.62. The molecule has 0 saturated heterocycles. The van der Waals surface area contributed by atoms with Crippen molar-refractivity contribution < 1.29 is 9.90 Å². The number of benzene rings is 2. The molecule has 1 N–H and O–H groups in total. The second kappa shape index (κ2) is 6.04. The van der Waals surface area contributed by atoms with Gasteiger partial charge in [-0.15, -0.1) is 11.8 Å². The number of carboxylic acid groups (broad SMARTS) is 1. The molecule has 0 radical (unpaired) electrons. The molecule has 23 heavy (non-hydrogen) atoms. The zero-order valence-corrected chi connectivity index (χ0v) is 14.6. The van der Waals surface area contributed by atoms with E-state index in [2.05, 4.69) is 49.4 Å². The number of aryl methyl sites for hydroxylation is 1. The average Bonchev–Trinajstić information content (AvgIpc) is 3.09. The molecule has 2 unspecified atom stereocenters. The lowest BCUT2D eigenvalue weighted by molar-refractivity contribution is -0.139. The topological polar surface area (TPSA) is 37.3 Å². The van der Waals surface area contributed by atoms with Gasteiger partial charge >= 0.3 is 5.97 Å². The fourth-order valence-corrected chi connectivity index (χ4v) is 4.46. The van der Waals surface area contributed by atoms with Crippen molar-refractivity contribution in [2.45, 2.75) is 37.3 Å². The summed E-state index contributed by atoms with van der Waals surface area (Å²) >= 11 is 1.82. The van der Waals surface area contributed by atoms with Gasteiger partial charge in [-0.25, -0.2) is 0 Å². The Morgan fingerprint density at radius 3 is 2.43 bits per heavy atom. The van der Waals surface area contributed by atoms with E-state index in [9.17, 15) is 9.90 Å². The molecule has 1 aliphatic rings. The third-order valence-electron chi connectivity index (χ3n) is 4.92. The van der Waals surface area contributed by atoms with E-state index in [0.717, 1.165) is 5.75 Å². The molecule has 0 spiro atoms. The minimum atomic E-state index is -0.679. The Hall–Kier alpha value is -1.74. The largest absolute Gasteiger partial charge is 0.481 e. The van der Waals surface area contributed by atoms with Gasteiger partial charge in [0.2, 0.25) is 0 Å². The Morgan fingerprint density at radius 2 is 1.87 bits per heavy atom. The average molecular weight is 326 g/mol. The standard InChI is InChI=1S/C20H22O2S/c1-13-11-15(23-12-14-7-5-4-6-8-14)9-10-16(13)17-18(19(21)22)20(17,2)3/h4-11,17-18H,12H2,1-3H3,(H,21,22). The highest BCUT2D eigenvalue weighted by molar-refractivity contribution is 7.98. The number of carbonyl (C=O) groups is 1. The van der Waals surface area contributed by atoms with Crippen LogP contribution < -0.4 is 0 Å². The molecular weight excluding hydrogens is 304 g/mol. The lowest BCUT2D eigenvalue weighted by Gasteiger charge is -2.10. The molecule has 0 heterocycles. The van der Waals surface area contributed by atoms with Crippen LogP contribution in [0.2, 0.25) is 0 Å². The summed E-state index contributed by atoms with van der Waals surface area (Å²) in [5, 5.41) is 9.37. The molecule has 1 fully saturated rings. The van der Waals surface area contributed by atoms with Crippen LogP contribution in [-0.4, -0.2) is 11.1 Å². The molecule has 0 aliphatic heterocycles. The number of thioether (sulfide) groups is 1. The van der Waals surface area contributed by atoms with Crippen LogP contribution >= 0.6 is 11.8 Å². The maximum atomic E-state index is 11.4. The van der Waals surface area contributed by atoms with E-state index in [4.69, 9.17) is 0 Å². The molecule has 3 rings (SSSR count). The predicted octanol–water partition coefficient (Wildman–Crippen LogP) is 5.11. The predicted molar refractivity (Wildman–Crippen MR) is 94.8 cm³/mol.